The van der Waals surface area contributed by atoms with Crippen LogP contribution in [0.25, 0.3) is 11.3 Å². The molecule has 0 aromatic carbocycles. The Balaban J connectivity index is 2.45. The van der Waals surface area contributed by atoms with E-state index in [0.717, 1.165) is 11.3 Å². The van der Waals surface area contributed by atoms with E-state index in [-0.39, 0.29) is 0 Å². The van der Waals surface area contributed by atoms with Crippen LogP contribution in [-0.2, 0) is 7.05 Å². The van der Waals surface area contributed by atoms with Crippen LogP contribution in [0.3, 0.4) is 0 Å². The van der Waals surface area contributed by atoms with E-state index in [1.165, 1.54) is 0 Å². The summed E-state index contributed by atoms with van der Waals surface area (Å²) >= 11 is 0. The van der Waals surface area contributed by atoms with E-state index in [2.05, 4.69) is 10.1 Å². The number of hydrogen-bond donors (Lipinski definition) is 0. The SMILES string of the molecule is Cn1ccc(-c2cccnc2)n1. The Morgan fingerprint density at radius 1 is 1.33 bits per heavy atom. The van der Waals surface area contributed by atoms with E-state index in [4.69, 9.17) is 0 Å². The van der Waals surface area contributed by atoms with Crippen molar-refractivity contribution in [1.29, 1.82) is 0 Å². The maximum absolute atomic E-state index is 4.26. The Morgan fingerprint density at radius 2 is 2.25 bits per heavy atom. The Hall–Kier alpha value is -1.64. The lowest BCUT2D eigenvalue weighted by atomic mass is 10.2. The Bertz CT molecular complexity index is 364. The molecule has 0 bridgehead atoms. The molecule has 0 saturated carbocycles. The third-order valence-corrected chi connectivity index (χ3v) is 1.67. The molecule has 12 heavy (non-hydrogen) atoms. The molecule has 2 heterocycles. The first kappa shape index (κ1) is 7.03. The zero-order chi connectivity index (χ0) is 8.39. The summed E-state index contributed by atoms with van der Waals surface area (Å²) in [6.07, 6.45) is 5.48. The van der Waals surface area contributed by atoms with E-state index in [1.807, 2.05) is 37.6 Å². The number of rotatable bonds is 1. The van der Waals surface area contributed by atoms with Crippen molar-refractivity contribution < 1.29 is 0 Å². The van der Waals surface area contributed by atoms with Crippen molar-refractivity contribution >= 4 is 0 Å². The highest BCUT2D eigenvalue weighted by Crippen LogP contribution is 2.13. The smallest absolute Gasteiger partial charge is 0.0938 e. The fraction of sp³-hybridized carbons (Fsp3) is 0.111. The van der Waals surface area contributed by atoms with Gasteiger partial charge in [-0.1, -0.05) is 0 Å². The molecule has 60 valence electrons. The van der Waals surface area contributed by atoms with Crippen LogP contribution in [0.2, 0.25) is 0 Å². The number of hydrogen-bond acceptors (Lipinski definition) is 2. The van der Waals surface area contributed by atoms with Gasteiger partial charge in [-0.3, -0.25) is 9.67 Å². The van der Waals surface area contributed by atoms with Crippen molar-refractivity contribution in [3.05, 3.63) is 36.8 Å². The maximum Gasteiger partial charge on any atom is 0.0938 e. The van der Waals surface area contributed by atoms with Gasteiger partial charge in [-0.25, -0.2) is 0 Å². The molecule has 0 saturated heterocycles. The van der Waals surface area contributed by atoms with Crippen molar-refractivity contribution in [2.45, 2.75) is 0 Å². The normalized spacial score (nSPS) is 10.1. The van der Waals surface area contributed by atoms with Gasteiger partial charge < -0.3 is 0 Å². The molecule has 0 radical (unpaired) electrons. The molecule has 0 fully saturated rings. The molecule has 3 heteroatoms. The third kappa shape index (κ3) is 1.21. The molecule has 0 atom stereocenters. The highest BCUT2D eigenvalue weighted by molar-refractivity contribution is 5.56. The molecule has 0 amide bonds. The predicted octanol–water partition coefficient (Wildman–Crippen LogP) is 1.48. The summed E-state index contributed by atoms with van der Waals surface area (Å²) in [4.78, 5) is 4.02. The lowest BCUT2D eigenvalue weighted by Gasteiger charge is -1.92. The molecule has 0 spiro atoms. The summed E-state index contributed by atoms with van der Waals surface area (Å²) in [5.41, 5.74) is 2.02. The van der Waals surface area contributed by atoms with Crippen LogP contribution in [-0.4, -0.2) is 14.8 Å². The van der Waals surface area contributed by atoms with Gasteiger partial charge in [0.15, 0.2) is 0 Å². The van der Waals surface area contributed by atoms with Gasteiger partial charge in [0.25, 0.3) is 0 Å². The lowest BCUT2D eigenvalue weighted by Crippen LogP contribution is -1.87. The summed E-state index contributed by atoms with van der Waals surface area (Å²) in [7, 11) is 1.90. The van der Waals surface area contributed by atoms with E-state index in [9.17, 15) is 0 Å². The molecule has 2 aromatic heterocycles. The molecule has 2 rings (SSSR count). The molecule has 0 aliphatic rings. The molecular weight excluding hydrogens is 150 g/mol. The summed E-state index contributed by atoms with van der Waals surface area (Å²) in [5.74, 6) is 0. The fourth-order valence-corrected chi connectivity index (χ4v) is 1.08. The monoisotopic (exact) mass is 159 g/mol. The number of nitrogens with zero attached hydrogens (tertiary/aromatic N) is 3. The van der Waals surface area contributed by atoms with Gasteiger partial charge in [-0.05, 0) is 18.2 Å². The first-order valence-corrected chi connectivity index (χ1v) is 3.76. The van der Waals surface area contributed by atoms with E-state index in [1.54, 1.807) is 10.9 Å². The zero-order valence-electron chi connectivity index (χ0n) is 6.81. The first-order valence-electron chi connectivity index (χ1n) is 3.76. The standard InChI is InChI=1S/C9H9N3/c1-12-6-4-9(11-12)8-3-2-5-10-7-8/h2-7H,1H3. The number of aromatic nitrogens is 3. The predicted molar refractivity (Wildman–Crippen MR) is 46.4 cm³/mol. The third-order valence-electron chi connectivity index (χ3n) is 1.67. The number of aryl methyl sites for hydroxylation is 1. The minimum atomic E-state index is 0.964. The van der Waals surface area contributed by atoms with Gasteiger partial charge in [-0.15, -0.1) is 0 Å². The molecule has 2 aromatic rings. The van der Waals surface area contributed by atoms with Crippen LogP contribution in [0.5, 0.6) is 0 Å². The summed E-state index contributed by atoms with van der Waals surface area (Å²) in [6.45, 7) is 0. The second-order valence-corrected chi connectivity index (χ2v) is 2.62. The zero-order valence-corrected chi connectivity index (χ0v) is 6.81. The Kier molecular flexibility index (Phi) is 1.63. The molecular formula is C9H9N3. The van der Waals surface area contributed by atoms with E-state index in [0.29, 0.717) is 0 Å². The molecule has 0 N–H and O–H groups in total. The quantitative estimate of drug-likeness (QED) is 0.631. The van der Waals surface area contributed by atoms with Gasteiger partial charge in [0.05, 0.1) is 5.69 Å². The number of pyridine rings is 1. The van der Waals surface area contributed by atoms with Crippen LogP contribution in [0.4, 0.5) is 0 Å². The molecule has 3 nitrogen and oxygen atoms in total. The van der Waals surface area contributed by atoms with E-state index < -0.39 is 0 Å². The van der Waals surface area contributed by atoms with Crippen molar-refractivity contribution in [3.8, 4) is 11.3 Å². The minimum absolute atomic E-state index is 0.964. The van der Waals surface area contributed by atoms with Crippen molar-refractivity contribution in [2.24, 2.45) is 7.05 Å². The van der Waals surface area contributed by atoms with E-state index >= 15 is 0 Å². The summed E-state index contributed by atoms with van der Waals surface area (Å²) in [5, 5.41) is 4.26. The van der Waals surface area contributed by atoms with Crippen LogP contribution in [0.15, 0.2) is 36.8 Å². The second kappa shape index (κ2) is 2.77. The lowest BCUT2D eigenvalue weighted by molar-refractivity contribution is 0.771. The average molecular weight is 159 g/mol. The van der Waals surface area contributed by atoms with Crippen LogP contribution in [0.1, 0.15) is 0 Å². The van der Waals surface area contributed by atoms with Gasteiger partial charge >= 0.3 is 0 Å². The van der Waals surface area contributed by atoms with Gasteiger partial charge in [-0.2, -0.15) is 5.10 Å². The average Bonchev–Trinajstić information content (AvgIpc) is 2.54. The Morgan fingerprint density at radius 3 is 2.83 bits per heavy atom. The molecule has 0 unspecified atom stereocenters. The van der Waals surface area contributed by atoms with Crippen molar-refractivity contribution in [2.75, 3.05) is 0 Å². The molecule has 0 aliphatic carbocycles. The van der Waals surface area contributed by atoms with Gasteiger partial charge in [0.2, 0.25) is 0 Å². The summed E-state index contributed by atoms with van der Waals surface area (Å²) < 4.78 is 1.78. The topological polar surface area (TPSA) is 30.7 Å². The van der Waals surface area contributed by atoms with Crippen LogP contribution < -0.4 is 0 Å². The Labute approximate surface area is 70.7 Å². The molecule has 0 aliphatic heterocycles. The minimum Gasteiger partial charge on any atom is -0.275 e. The highest BCUT2D eigenvalue weighted by Gasteiger charge is 1.98. The van der Waals surface area contributed by atoms with Crippen LogP contribution >= 0.6 is 0 Å². The van der Waals surface area contributed by atoms with Gasteiger partial charge in [0.1, 0.15) is 0 Å². The van der Waals surface area contributed by atoms with Crippen LogP contribution in [0, 0.1) is 0 Å². The fourth-order valence-electron chi connectivity index (χ4n) is 1.08. The summed E-state index contributed by atoms with van der Waals surface area (Å²) in [6, 6.07) is 5.87. The maximum atomic E-state index is 4.26. The van der Waals surface area contributed by atoms with Crippen molar-refractivity contribution in [1.82, 2.24) is 14.8 Å². The largest absolute Gasteiger partial charge is 0.275 e. The highest BCUT2D eigenvalue weighted by atomic mass is 15.2. The first-order chi connectivity index (χ1) is 5.86. The van der Waals surface area contributed by atoms with Crippen molar-refractivity contribution in [3.63, 3.8) is 0 Å². The second-order valence-electron chi connectivity index (χ2n) is 2.62. The van der Waals surface area contributed by atoms with Gasteiger partial charge in [0, 0.05) is 31.2 Å².